The number of furan rings is 1. The molecule has 4 nitrogen and oxygen atoms in total. The predicted octanol–water partition coefficient (Wildman–Crippen LogP) is 4.56. The molecular weight excluding hydrogens is 314 g/mol. The molecule has 1 aliphatic rings. The van der Waals surface area contributed by atoms with Crippen molar-refractivity contribution in [1.29, 1.82) is 0 Å². The number of hydrogen-bond acceptors (Lipinski definition) is 3. The van der Waals surface area contributed by atoms with Crippen molar-refractivity contribution in [2.24, 2.45) is 0 Å². The molecule has 114 valence electrons. The number of amides is 1. The normalized spacial score (nSPS) is 12.9. The monoisotopic (exact) mass is 325 g/mol. The Labute approximate surface area is 137 Å². The third-order valence-corrected chi connectivity index (χ3v) is 3.96. The zero-order chi connectivity index (χ0) is 15.8. The van der Waals surface area contributed by atoms with Crippen molar-refractivity contribution < 1.29 is 13.9 Å². The molecule has 0 bridgehead atoms. The molecule has 3 aromatic rings. The van der Waals surface area contributed by atoms with Crippen LogP contribution in [0.15, 0.2) is 65.1 Å². The van der Waals surface area contributed by atoms with Crippen molar-refractivity contribution in [2.75, 3.05) is 0 Å². The summed E-state index contributed by atoms with van der Waals surface area (Å²) in [6.45, 7) is 0. The molecule has 0 saturated heterocycles. The molecule has 2 aromatic carbocycles. The summed E-state index contributed by atoms with van der Waals surface area (Å²) < 4.78 is 11.1. The summed E-state index contributed by atoms with van der Waals surface area (Å²) in [4.78, 5) is 12.4. The number of carbonyl (C=O) groups excluding carboxylic acids is 1. The minimum atomic E-state index is -0.326. The molecule has 0 saturated carbocycles. The van der Waals surface area contributed by atoms with Gasteiger partial charge in [-0.1, -0.05) is 36.4 Å². The number of benzene rings is 2. The molecule has 5 heteroatoms. The van der Waals surface area contributed by atoms with Crippen LogP contribution in [0.1, 0.15) is 27.7 Å². The van der Waals surface area contributed by atoms with Crippen molar-refractivity contribution >= 4 is 17.5 Å². The average molecular weight is 326 g/mol. The summed E-state index contributed by atoms with van der Waals surface area (Å²) in [5.41, 5.74) is 1.80. The molecule has 1 aliphatic heterocycles. The van der Waals surface area contributed by atoms with Crippen LogP contribution in [-0.4, -0.2) is 5.91 Å². The van der Waals surface area contributed by atoms with Crippen LogP contribution >= 0.6 is 11.6 Å². The lowest BCUT2D eigenvalue weighted by atomic mass is 9.94. The molecule has 23 heavy (non-hydrogen) atoms. The maximum absolute atomic E-state index is 12.4. The maximum Gasteiger partial charge on any atom is 0.287 e. The third-order valence-electron chi connectivity index (χ3n) is 3.75. The number of nitrogens with one attached hydrogen (secondary N) is 1. The van der Waals surface area contributed by atoms with Gasteiger partial charge in [-0.25, -0.2) is 0 Å². The SMILES string of the molecule is O=C(NC1c2ccccc2Oc2ccccc21)c1ccc(Cl)o1. The van der Waals surface area contributed by atoms with E-state index in [1.165, 1.54) is 0 Å². The van der Waals surface area contributed by atoms with Gasteiger partial charge >= 0.3 is 0 Å². The Morgan fingerprint density at radius 1 is 0.913 bits per heavy atom. The summed E-state index contributed by atoms with van der Waals surface area (Å²) in [6, 6.07) is 18.1. The smallest absolute Gasteiger partial charge is 0.287 e. The summed E-state index contributed by atoms with van der Waals surface area (Å²) >= 11 is 5.74. The molecular formula is C18H12ClNO3. The van der Waals surface area contributed by atoms with Crippen LogP contribution in [0.2, 0.25) is 5.22 Å². The van der Waals surface area contributed by atoms with Crippen LogP contribution in [-0.2, 0) is 0 Å². The molecule has 1 amide bonds. The highest BCUT2D eigenvalue weighted by atomic mass is 35.5. The van der Waals surface area contributed by atoms with Crippen molar-refractivity contribution in [3.8, 4) is 11.5 Å². The largest absolute Gasteiger partial charge is 0.457 e. The van der Waals surface area contributed by atoms with Gasteiger partial charge in [0.15, 0.2) is 11.0 Å². The number of halogens is 1. The molecule has 2 heterocycles. The van der Waals surface area contributed by atoms with E-state index >= 15 is 0 Å². The van der Waals surface area contributed by atoms with E-state index in [9.17, 15) is 4.79 Å². The van der Waals surface area contributed by atoms with Crippen LogP contribution < -0.4 is 10.1 Å². The van der Waals surface area contributed by atoms with Gasteiger partial charge in [0, 0.05) is 11.1 Å². The Morgan fingerprint density at radius 2 is 1.52 bits per heavy atom. The molecule has 4 rings (SSSR count). The van der Waals surface area contributed by atoms with E-state index in [2.05, 4.69) is 5.32 Å². The highest BCUT2D eigenvalue weighted by Crippen LogP contribution is 2.42. The number of para-hydroxylation sites is 2. The van der Waals surface area contributed by atoms with E-state index in [0.29, 0.717) is 0 Å². The van der Waals surface area contributed by atoms with E-state index in [1.807, 2.05) is 48.5 Å². The summed E-state index contributed by atoms with van der Waals surface area (Å²) in [5, 5.41) is 3.17. The second-order valence-corrected chi connectivity index (χ2v) is 5.56. The van der Waals surface area contributed by atoms with Gasteiger partial charge in [-0.2, -0.15) is 0 Å². The number of hydrogen-bond donors (Lipinski definition) is 1. The topological polar surface area (TPSA) is 51.5 Å². The molecule has 0 unspecified atom stereocenters. The van der Waals surface area contributed by atoms with Gasteiger partial charge in [-0.05, 0) is 35.9 Å². The standard InChI is InChI=1S/C18H12ClNO3/c19-16-10-9-15(23-16)18(21)20-17-11-5-1-3-7-13(11)22-14-8-4-2-6-12(14)17/h1-10,17H,(H,20,21). The lowest BCUT2D eigenvalue weighted by molar-refractivity contribution is 0.0913. The molecule has 0 spiro atoms. The van der Waals surface area contributed by atoms with Crippen LogP contribution in [0, 0.1) is 0 Å². The molecule has 0 aliphatic carbocycles. The first-order valence-corrected chi connectivity index (χ1v) is 7.52. The minimum absolute atomic E-state index is 0.177. The van der Waals surface area contributed by atoms with Gasteiger partial charge in [0.05, 0.1) is 6.04 Å². The van der Waals surface area contributed by atoms with Gasteiger partial charge in [-0.3, -0.25) is 4.79 Å². The summed E-state index contributed by atoms with van der Waals surface area (Å²) in [6.07, 6.45) is 0. The van der Waals surface area contributed by atoms with Gasteiger partial charge in [0.25, 0.3) is 5.91 Å². The first-order chi connectivity index (χ1) is 11.2. The molecule has 0 radical (unpaired) electrons. The highest BCUT2D eigenvalue weighted by Gasteiger charge is 2.28. The van der Waals surface area contributed by atoms with Crippen LogP contribution in [0.3, 0.4) is 0 Å². The van der Waals surface area contributed by atoms with E-state index in [0.717, 1.165) is 22.6 Å². The minimum Gasteiger partial charge on any atom is -0.457 e. The van der Waals surface area contributed by atoms with Crippen molar-refractivity contribution in [1.82, 2.24) is 5.32 Å². The average Bonchev–Trinajstić information content (AvgIpc) is 3.01. The molecule has 0 fully saturated rings. The quantitative estimate of drug-likeness (QED) is 0.751. The lowest BCUT2D eigenvalue weighted by Crippen LogP contribution is -2.31. The third kappa shape index (κ3) is 2.47. The first kappa shape index (κ1) is 13.9. The number of rotatable bonds is 2. The molecule has 1 aromatic heterocycles. The van der Waals surface area contributed by atoms with Crippen molar-refractivity contribution in [3.63, 3.8) is 0 Å². The van der Waals surface area contributed by atoms with E-state index < -0.39 is 0 Å². The number of ether oxygens (including phenoxy) is 1. The Kier molecular flexibility index (Phi) is 3.32. The van der Waals surface area contributed by atoms with Gasteiger partial charge in [0.1, 0.15) is 11.5 Å². The lowest BCUT2D eigenvalue weighted by Gasteiger charge is -2.28. The highest BCUT2D eigenvalue weighted by molar-refractivity contribution is 6.29. The van der Waals surface area contributed by atoms with E-state index in [1.54, 1.807) is 12.1 Å². The Hall–Kier alpha value is -2.72. The van der Waals surface area contributed by atoms with Crippen LogP contribution in [0.5, 0.6) is 11.5 Å². The zero-order valence-electron chi connectivity index (χ0n) is 12.0. The second-order valence-electron chi connectivity index (χ2n) is 5.19. The molecule has 0 atom stereocenters. The van der Waals surface area contributed by atoms with E-state index in [-0.39, 0.29) is 22.9 Å². The summed E-state index contributed by atoms with van der Waals surface area (Å²) in [7, 11) is 0. The van der Waals surface area contributed by atoms with Crippen molar-refractivity contribution in [3.05, 3.63) is 82.8 Å². The van der Waals surface area contributed by atoms with E-state index in [4.69, 9.17) is 20.8 Å². The second kappa shape index (κ2) is 5.48. The van der Waals surface area contributed by atoms with Gasteiger partial charge in [-0.15, -0.1) is 0 Å². The fraction of sp³-hybridized carbons (Fsp3) is 0.0556. The Morgan fingerprint density at radius 3 is 2.09 bits per heavy atom. The predicted molar refractivity (Wildman–Crippen MR) is 86.0 cm³/mol. The fourth-order valence-corrected chi connectivity index (χ4v) is 2.85. The van der Waals surface area contributed by atoms with Crippen LogP contribution in [0.25, 0.3) is 0 Å². The Bertz CT molecular complexity index is 842. The fourth-order valence-electron chi connectivity index (χ4n) is 2.70. The molecule has 1 N–H and O–H groups in total. The number of carbonyl (C=O) groups is 1. The summed E-state index contributed by atoms with van der Waals surface area (Å²) in [5.74, 6) is 1.31. The van der Waals surface area contributed by atoms with Crippen molar-refractivity contribution in [2.45, 2.75) is 6.04 Å². The van der Waals surface area contributed by atoms with Gasteiger partial charge < -0.3 is 14.5 Å². The maximum atomic E-state index is 12.4. The van der Waals surface area contributed by atoms with Crippen LogP contribution in [0.4, 0.5) is 0 Å². The zero-order valence-corrected chi connectivity index (χ0v) is 12.7. The number of fused-ring (bicyclic) bond motifs is 2. The first-order valence-electron chi connectivity index (χ1n) is 7.14. The van der Waals surface area contributed by atoms with Gasteiger partial charge in [0.2, 0.25) is 0 Å². The Balaban J connectivity index is 1.74.